The largest absolute Gasteiger partial charge is 0.444 e. The van der Waals surface area contributed by atoms with Crippen molar-refractivity contribution in [1.29, 1.82) is 0 Å². The highest BCUT2D eigenvalue weighted by molar-refractivity contribution is 5.68. The molecule has 1 amide bonds. The number of nitrogens with two attached hydrogens (primary N) is 1. The maximum Gasteiger partial charge on any atom is 0.410 e. The van der Waals surface area contributed by atoms with Crippen molar-refractivity contribution < 1.29 is 14.6 Å². The van der Waals surface area contributed by atoms with Crippen LogP contribution in [0.25, 0.3) is 0 Å². The number of amides is 1. The minimum absolute atomic E-state index is 0.173. The molecular formula is C17H32N2O3. The third kappa shape index (κ3) is 4.35. The van der Waals surface area contributed by atoms with Crippen molar-refractivity contribution in [2.24, 2.45) is 11.7 Å². The van der Waals surface area contributed by atoms with E-state index < -0.39 is 11.2 Å². The van der Waals surface area contributed by atoms with Crippen molar-refractivity contribution in [1.82, 2.24) is 4.90 Å². The van der Waals surface area contributed by atoms with Gasteiger partial charge >= 0.3 is 6.09 Å². The molecule has 1 saturated carbocycles. The molecule has 0 aromatic rings. The lowest BCUT2D eigenvalue weighted by Gasteiger charge is -2.45. The fourth-order valence-electron chi connectivity index (χ4n) is 3.67. The third-order valence-corrected chi connectivity index (χ3v) is 5.06. The van der Waals surface area contributed by atoms with Gasteiger partial charge in [-0.1, -0.05) is 19.3 Å². The fraction of sp³-hybridized carbons (Fsp3) is 0.941. The Kier molecular flexibility index (Phi) is 5.38. The molecule has 0 bridgehead atoms. The molecule has 1 aliphatic carbocycles. The standard InChI is InChI=1S/C17H32N2O3/c1-16(2,3)22-15(20)19-11-9-17(21,10-12-19)14(18)13-7-5-4-6-8-13/h13-14,21H,4-12,18H2,1-3H3. The van der Waals surface area contributed by atoms with Crippen molar-refractivity contribution in [3.8, 4) is 0 Å². The van der Waals surface area contributed by atoms with Gasteiger partial charge in [0.2, 0.25) is 0 Å². The van der Waals surface area contributed by atoms with Crippen molar-refractivity contribution in [2.45, 2.75) is 83.0 Å². The van der Waals surface area contributed by atoms with E-state index in [0.29, 0.717) is 31.8 Å². The Morgan fingerprint density at radius 3 is 2.27 bits per heavy atom. The van der Waals surface area contributed by atoms with E-state index in [4.69, 9.17) is 10.5 Å². The van der Waals surface area contributed by atoms with Gasteiger partial charge in [-0.3, -0.25) is 0 Å². The van der Waals surface area contributed by atoms with Crippen LogP contribution < -0.4 is 5.73 Å². The molecule has 2 rings (SSSR count). The zero-order valence-corrected chi connectivity index (χ0v) is 14.3. The third-order valence-electron chi connectivity index (χ3n) is 5.06. The minimum Gasteiger partial charge on any atom is -0.444 e. The van der Waals surface area contributed by atoms with Crippen LogP contribution in [0.4, 0.5) is 4.79 Å². The Labute approximate surface area is 134 Å². The van der Waals surface area contributed by atoms with Crippen molar-refractivity contribution >= 4 is 6.09 Å². The second-order valence-electron chi connectivity index (χ2n) is 7.99. The van der Waals surface area contributed by atoms with E-state index in [1.54, 1.807) is 4.90 Å². The van der Waals surface area contributed by atoms with Crippen LogP contribution in [0.3, 0.4) is 0 Å². The van der Waals surface area contributed by atoms with Gasteiger partial charge in [-0.25, -0.2) is 4.79 Å². The smallest absolute Gasteiger partial charge is 0.410 e. The van der Waals surface area contributed by atoms with Crippen LogP contribution in [0.2, 0.25) is 0 Å². The lowest BCUT2D eigenvalue weighted by molar-refractivity contribution is -0.0612. The van der Waals surface area contributed by atoms with Gasteiger partial charge < -0.3 is 20.5 Å². The first-order chi connectivity index (χ1) is 10.2. The van der Waals surface area contributed by atoms with E-state index in [1.807, 2.05) is 20.8 Å². The predicted octanol–water partition coefficient (Wildman–Crippen LogP) is 2.66. The quantitative estimate of drug-likeness (QED) is 0.822. The maximum atomic E-state index is 12.1. The van der Waals surface area contributed by atoms with Crippen molar-refractivity contribution in [3.63, 3.8) is 0 Å². The number of ether oxygens (including phenoxy) is 1. The van der Waals surface area contributed by atoms with E-state index in [1.165, 1.54) is 19.3 Å². The molecule has 1 saturated heterocycles. The van der Waals surface area contributed by atoms with E-state index in [2.05, 4.69) is 0 Å². The molecule has 0 radical (unpaired) electrons. The number of likely N-dealkylation sites (tertiary alicyclic amines) is 1. The van der Waals surface area contributed by atoms with Crippen LogP contribution >= 0.6 is 0 Å². The number of rotatable bonds is 2. The molecule has 1 unspecified atom stereocenters. The molecule has 128 valence electrons. The first-order valence-electron chi connectivity index (χ1n) is 8.67. The summed E-state index contributed by atoms with van der Waals surface area (Å²) in [4.78, 5) is 13.8. The topological polar surface area (TPSA) is 75.8 Å². The summed E-state index contributed by atoms with van der Waals surface area (Å²) >= 11 is 0. The zero-order chi connectivity index (χ0) is 16.4. The highest BCUT2D eigenvalue weighted by Crippen LogP contribution is 2.35. The van der Waals surface area contributed by atoms with Crippen LogP contribution in [0.15, 0.2) is 0 Å². The van der Waals surface area contributed by atoms with Gasteiger partial charge in [-0.05, 0) is 52.4 Å². The number of hydrogen-bond acceptors (Lipinski definition) is 4. The molecule has 1 aliphatic heterocycles. The lowest BCUT2D eigenvalue weighted by atomic mass is 9.73. The van der Waals surface area contributed by atoms with E-state index in [-0.39, 0.29) is 12.1 Å². The number of hydrogen-bond donors (Lipinski definition) is 2. The van der Waals surface area contributed by atoms with Crippen LogP contribution in [-0.2, 0) is 4.74 Å². The number of carbonyl (C=O) groups is 1. The molecule has 0 aromatic heterocycles. The van der Waals surface area contributed by atoms with Crippen LogP contribution in [0, 0.1) is 5.92 Å². The number of piperidine rings is 1. The summed E-state index contributed by atoms with van der Waals surface area (Å²) in [6.45, 7) is 6.64. The van der Waals surface area contributed by atoms with Gasteiger partial charge in [-0.15, -0.1) is 0 Å². The van der Waals surface area contributed by atoms with E-state index in [9.17, 15) is 9.90 Å². The first-order valence-corrected chi connectivity index (χ1v) is 8.67. The normalized spacial score (nSPS) is 24.9. The van der Waals surface area contributed by atoms with E-state index in [0.717, 1.165) is 12.8 Å². The van der Waals surface area contributed by atoms with Crippen molar-refractivity contribution in [2.75, 3.05) is 13.1 Å². The molecule has 3 N–H and O–H groups in total. The Hall–Kier alpha value is -0.810. The van der Waals surface area contributed by atoms with Gasteiger partial charge in [0.25, 0.3) is 0 Å². The molecule has 5 heteroatoms. The summed E-state index contributed by atoms with van der Waals surface area (Å²) in [5.74, 6) is 0.423. The molecule has 0 spiro atoms. The van der Waals surface area contributed by atoms with Crippen LogP contribution in [-0.4, -0.2) is 46.4 Å². The predicted molar refractivity (Wildman–Crippen MR) is 86.5 cm³/mol. The Bertz CT molecular complexity index is 378. The maximum absolute atomic E-state index is 12.1. The Balaban J connectivity index is 1.88. The van der Waals surface area contributed by atoms with Gasteiger partial charge in [-0.2, -0.15) is 0 Å². The Morgan fingerprint density at radius 2 is 1.77 bits per heavy atom. The molecule has 1 atom stereocenters. The number of nitrogens with zero attached hydrogens (tertiary/aromatic N) is 1. The number of carbonyl (C=O) groups excluding carboxylic acids is 1. The summed E-state index contributed by atoms with van der Waals surface area (Å²) < 4.78 is 5.40. The zero-order valence-electron chi connectivity index (χ0n) is 14.3. The molecule has 22 heavy (non-hydrogen) atoms. The molecule has 2 aliphatic rings. The van der Waals surface area contributed by atoms with Gasteiger partial charge in [0, 0.05) is 19.1 Å². The van der Waals surface area contributed by atoms with Gasteiger partial charge in [0.1, 0.15) is 5.60 Å². The highest BCUT2D eigenvalue weighted by atomic mass is 16.6. The average molecular weight is 312 g/mol. The summed E-state index contributed by atoms with van der Waals surface area (Å²) in [6.07, 6.45) is 6.78. The Morgan fingerprint density at radius 1 is 1.23 bits per heavy atom. The minimum atomic E-state index is -0.833. The monoisotopic (exact) mass is 312 g/mol. The lowest BCUT2D eigenvalue weighted by Crippen LogP contribution is -2.58. The summed E-state index contributed by atoms with van der Waals surface area (Å²) in [5, 5.41) is 10.9. The second kappa shape index (κ2) is 6.75. The second-order valence-corrected chi connectivity index (χ2v) is 7.99. The molecule has 0 aromatic carbocycles. The first kappa shape index (κ1) is 17.5. The highest BCUT2D eigenvalue weighted by Gasteiger charge is 2.42. The van der Waals surface area contributed by atoms with Crippen LogP contribution in [0.5, 0.6) is 0 Å². The average Bonchev–Trinajstić information content (AvgIpc) is 2.46. The SMILES string of the molecule is CC(C)(C)OC(=O)N1CCC(O)(C(N)C2CCCCC2)CC1. The van der Waals surface area contributed by atoms with E-state index >= 15 is 0 Å². The van der Waals surface area contributed by atoms with Gasteiger partial charge in [0.15, 0.2) is 0 Å². The molecule has 2 fully saturated rings. The molecule has 5 nitrogen and oxygen atoms in total. The molecule has 1 heterocycles. The van der Waals surface area contributed by atoms with Gasteiger partial charge in [0.05, 0.1) is 5.60 Å². The summed E-state index contributed by atoms with van der Waals surface area (Å²) in [7, 11) is 0. The summed E-state index contributed by atoms with van der Waals surface area (Å²) in [5.41, 5.74) is 5.08. The van der Waals surface area contributed by atoms with Crippen molar-refractivity contribution in [3.05, 3.63) is 0 Å². The fourth-order valence-corrected chi connectivity index (χ4v) is 3.67. The van der Waals surface area contributed by atoms with Crippen LogP contribution in [0.1, 0.15) is 65.7 Å². The molecular weight excluding hydrogens is 280 g/mol. The summed E-state index contributed by atoms with van der Waals surface area (Å²) in [6, 6.07) is -0.173. The number of aliphatic hydroxyl groups is 1.